The molecule has 0 aliphatic carbocycles. The molecule has 1 aromatic carbocycles. The van der Waals surface area contributed by atoms with Crippen LogP contribution in [-0.4, -0.2) is 28.5 Å². The number of esters is 1. The third-order valence-corrected chi connectivity index (χ3v) is 4.56. The van der Waals surface area contributed by atoms with Crippen molar-refractivity contribution in [2.24, 2.45) is 0 Å². The molecule has 8 heteroatoms. The number of ether oxygens (including phenoxy) is 1. The van der Waals surface area contributed by atoms with E-state index in [0.29, 0.717) is 27.4 Å². The molecule has 134 valence electrons. The van der Waals surface area contributed by atoms with Crippen molar-refractivity contribution >= 4 is 28.3 Å². The average molecular weight is 371 g/mol. The number of oxazole rings is 1. The highest BCUT2D eigenvalue weighted by atomic mass is 32.1. The van der Waals surface area contributed by atoms with Gasteiger partial charge < -0.3 is 9.15 Å². The second-order valence-corrected chi connectivity index (χ2v) is 6.40. The molecule has 0 saturated carbocycles. The lowest BCUT2D eigenvalue weighted by molar-refractivity contribution is 0.0531. The summed E-state index contributed by atoms with van der Waals surface area (Å²) in [5.74, 6) is -0.124. The van der Waals surface area contributed by atoms with Crippen molar-refractivity contribution in [3.63, 3.8) is 0 Å². The summed E-state index contributed by atoms with van der Waals surface area (Å²) in [6.45, 7) is 5.37. The fourth-order valence-electron chi connectivity index (χ4n) is 2.30. The third kappa shape index (κ3) is 3.65. The van der Waals surface area contributed by atoms with E-state index in [-0.39, 0.29) is 12.3 Å². The SMILES string of the molecule is CCOC(=O)c1sc(NC(=O)c2nc(-c3ccccc3)oc2C)nc1C. The monoisotopic (exact) mass is 371 g/mol. The summed E-state index contributed by atoms with van der Waals surface area (Å²) in [6, 6.07) is 9.32. The number of nitrogens with zero attached hydrogens (tertiary/aromatic N) is 2. The van der Waals surface area contributed by atoms with Gasteiger partial charge in [0.15, 0.2) is 10.8 Å². The van der Waals surface area contributed by atoms with Crippen molar-refractivity contribution in [3.05, 3.63) is 52.4 Å². The molecule has 0 spiro atoms. The number of benzene rings is 1. The van der Waals surface area contributed by atoms with Crippen molar-refractivity contribution in [3.8, 4) is 11.5 Å². The van der Waals surface area contributed by atoms with Gasteiger partial charge in [-0.3, -0.25) is 10.1 Å². The maximum Gasteiger partial charge on any atom is 0.350 e. The summed E-state index contributed by atoms with van der Waals surface area (Å²) in [7, 11) is 0. The smallest absolute Gasteiger partial charge is 0.350 e. The first-order valence-electron chi connectivity index (χ1n) is 7.98. The van der Waals surface area contributed by atoms with Crippen LogP contribution in [0.5, 0.6) is 0 Å². The number of anilines is 1. The van der Waals surface area contributed by atoms with E-state index < -0.39 is 11.9 Å². The van der Waals surface area contributed by atoms with Crippen LogP contribution in [0.1, 0.15) is 38.5 Å². The summed E-state index contributed by atoms with van der Waals surface area (Å²) in [6.07, 6.45) is 0. The zero-order chi connectivity index (χ0) is 18.7. The molecule has 3 aromatic rings. The number of carbonyl (C=O) groups excluding carboxylic acids is 2. The van der Waals surface area contributed by atoms with Crippen molar-refractivity contribution < 1.29 is 18.7 Å². The van der Waals surface area contributed by atoms with Crippen LogP contribution in [0.25, 0.3) is 11.5 Å². The summed E-state index contributed by atoms with van der Waals surface area (Å²) < 4.78 is 10.6. The number of hydrogen-bond donors (Lipinski definition) is 1. The van der Waals surface area contributed by atoms with Crippen LogP contribution in [0, 0.1) is 13.8 Å². The van der Waals surface area contributed by atoms with Crippen LogP contribution in [0.15, 0.2) is 34.7 Å². The first-order chi connectivity index (χ1) is 12.5. The van der Waals surface area contributed by atoms with E-state index in [0.717, 1.165) is 16.9 Å². The Balaban J connectivity index is 1.80. The van der Waals surface area contributed by atoms with Crippen LogP contribution in [0.3, 0.4) is 0 Å². The van der Waals surface area contributed by atoms with Gasteiger partial charge >= 0.3 is 5.97 Å². The molecule has 2 aromatic heterocycles. The third-order valence-electron chi connectivity index (χ3n) is 3.51. The molecular formula is C18H17N3O4S. The molecule has 1 amide bonds. The lowest BCUT2D eigenvalue weighted by Gasteiger charge is -1.98. The van der Waals surface area contributed by atoms with Crippen molar-refractivity contribution in [2.75, 3.05) is 11.9 Å². The minimum absolute atomic E-state index is 0.175. The zero-order valence-electron chi connectivity index (χ0n) is 14.5. The Morgan fingerprint density at radius 1 is 1.19 bits per heavy atom. The maximum atomic E-state index is 12.5. The molecular weight excluding hydrogens is 354 g/mol. The second-order valence-electron chi connectivity index (χ2n) is 5.40. The molecule has 0 fully saturated rings. The molecule has 0 aliphatic heterocycles. The fourth-order valence-corrected chi connectivity index (χ4v) is 3.16. The van der Waals surface area contributed by atoms with E-state index in [1.54, 1.807) is 20.8 Å². The predicted octanol–water partition coefficient (Wildman–Crippen LogP) is 3.84. The van der Waals surface area contributed by atoms with Gasteiger partial charge in [0.1, 0.15) is 10.6 Å². The molecule has 0 unspecified atom stereocenters. The highest BCUT2D eigenvalue weighted by Crippen LogP contribution is 2.25. The van der Waals surface area contributed by atoms with Gasteiger partial charge in [-0.1, -0.05) is 29.5 Å². The summed E-state index contributed by atoms with van der Waals surface area (Å²) in [5.41, 5.74) is 1.46. The Morgan fingerprint density at radius 3 is 2.62 bits per heavy atom. The lowest BCUT2D eigenvalue weighted by atomic mass is 10.2. The van der Waals surface area contributed by atoms with Crippen LogP contribution >= 0.6 is 11.3 Å². The number of thiazole rings is 1. The van der Waals surface area contributed by atoms with Crippen LogP contribution in [-0.2, 0) is 4.74 Å². The molecule has 26 heavy (non-hydrogen) atoms. The van der Waals surface area contributed by atoms with Crippen molar-refractivity contribution in [1.29, 1.82) is 0 Å². The summed E-state index contributed by atoms with van der Waals surface area (Å²) >= 11 is 1.06. The molecule has 0 bridgehead atoms. The Morgan fingerprint density at radius 2 is 1.92 bits per heavy atom. The van der Waals surface area contributed by atoms with Gasteiger partial charge in [0.2, 0.25) is 5.89 Å². The molecule has 2 heterocycles. The standard InChI is InChI=1S/C18H17N3O4S/c1-4-24-17(23)14-10(2)19-18(26-14)21-15(22)13-11(3)25-16(20-13)12-8-6-5-7-9-12/h5-9H,4H2,1-3H3,(H,19,21,22). The van der Waals surface area contributed by atoms with Gasteiger partial charge in [-0.15, -0.1) is 0 Å². The maximum absolute atomic E-state index is 12.5. The number of nitrogens with one attached hydrogen (secondary N) is 1. The Labute approximate surface area is 154 Å². The Hall–Kier alpha value is -3.00. The molecule has 1 N–H and O–H groups in total. The summed E-state index contributed by atoms with van der Waals surface area (Å²) in [4.78, 5) is 33.2. The van der Waals surface area contributed by atoms with E-state index >= 15 is 0 Å². The van der Waals surface area contributed by atoms with E-state index in [1.165, 1.54) is 0 Å². The van der Waals surface area contributed by atoms with E-state index in [1.807, 2.05) is 30.3 Å². The number of hydrogen-bond acceptors (Lipinski definition) is 7. The normalized spacial score (nSPS) is 10.6. The topological polar surface area (TPSA) is 94.3 Å². The number of carbonyl (C=O) groups is 2. The minimum atomic E-state index is -0.452. The van der Waals surface area contributed by atoms with Crippen molar-refractivity contribution in [1.82, 2.24) is 9.97 Å². The van der Waals surface area contributed by atoms with Crippen LogP contribution in [0.2, 0.25) is 0 Å². The number of aromatic nitrogens is 2. The molecule has 3 rings (SSSR count). The highest BCUT2D eigenvalue weighted by Gasteiger charge is 2.21. The van der Waals surface area contributed by atoms with Gasteiger partial charge in [0.05, 0.1) is 12.3 Å². The second kappa shape index (κ2) is 7.49. The van der Waals surface area contributed by atoms with Gasteiger partial charge in [0.25, 0.3) is 5.91 Å². The molecule has 7 nitrogen and oxygen atoms in total. The molecule has 0 aliphatic rings. The average Bonchev–Trinajstić information content (AvgIpc) is 3.18. The van der Waals surface area contributed by atoms with E-state index in [4.69, 9.17) is 9.15 Å². The summed E-state index contributed by atoms with van der Waals surface area (Å²) in [5, 5.41) is 2.97. The lowest BCUT2D eigenvalue weighted by Crippen LogP contribution is -2.13. The van der Waals surface area contributed by atoms with Crippen LogP contribution in [0.4, 0.5) is 5.13 Å². The van der Waals surface area contributed by atoms with Crippen molar-refractivity contribution in [2.45, 2.75) is 20.8 Å². The fraction of sp³-hybridized carbons (Fsp3) is 0.222. The number of rotatable bonds is 5. The van der Waals surface area contributed by atoms with Gasteiger partial charge in [-0.2, -0.15) is 0 Å². The highest BCUT2D eigenvalue weighted by molar-refractivity contribution is 7.17. The van der Waals surface area contributed by atoms with Gasteiger partial charge in [0, 0.05) is 5.56 Å². The molecule has 0 atom stereocenters. The first kappa shape index (κ1) is 17.8. The predicted molar refractivity (Wildman–Crippen MR) is 97.4 cm³/mol. The molecule has 0 saturated heterocycles. The molecule has 0 radical (unpaired) electrons. The number of aryl methyl sites for hydroxylation is 2. The Kier molecular flexibility index (Phi) is 5.13. The minimum Gasteiger partial charge on any atom is -0.462 e. The largest absolute Gasteiger partial charge is 0.462 e. The van der Waals surface area contributed by atoms with Gasteiger partial charge in [-0.25, -0.2) is 14.8 Å². The van der Waals surface area contributed by atoms with E-state index in [2.05, 4.69) is 15.3 Å². The first-order valence-corrected chi connectivity index (χ1v) is 8.80. The van der Waals surface area contributed by atoms with Crippen LogP contribution < -0.4 is 5.32 Å². The van der Waals surface area contributed by atoms with E-state index in [9.17, 15) is 9.59 Å². The quantitative estimate of drug-likeness (QED) is 0.685. The number of amides is 1. The Bertz CT molecular complexity index is 947. The van der Waals surface area contributed by atoms with Gasteiger partial charge in [-0.05, 0) is 32.9 Å². The zero-order valence-corrected chi connectivity index (χ0v) is 15.3.